The van der Waals surface area contributed by atoms with Crippen molar-refractivity contribution in [2.24, 2.45) is 0 Å². The Balaban J connectivity index is 2.80. The van der Waals surface area contributed by atoms with Gasteiger partial charge >= 0.3 is 0 Å². The minimum Gasteiger partial charge on any atom is -0.390 e. The maximum atomic E-state index is 7.13. The number of thioether (sulfide) groups is 1. The van der Waals surface area contributed by atoms with Crippen LogP contribution in [0.2, 0.25) is 0 Å². The molecule has 1 aliphatic heterocycles. The topological polar surface area (TPSA) is 35.9 Å². The fraction of sp³-hybridized carbons (Fsp3) is 0.571. The second-order valence-corrected chi connectivity index (χ2v) is 3.61. The van der Waals surface area contributed by atoms with Crippen molar-refractivity contribution in [1.82, 2.24) is 5.32 Å². The standard InChI is InChI=1S/C7H12N2S/c1-5-6(3-8)7(9-2)4-10-5/h3,5,8-9H,4H2,1-2H3/t5-/m1/s1. The Morgan fingerprint density at radius 1 is 1.80 bits per heavy atom. The molecule has 2 nitrogen and oxygen atoms in total. The Bertz CT molecular complexity index is 174. The molecule has 0 aliphatic carbocycles. The van der Waals surface area contributed by atoms with E-state index >= 15 is 0 Å². The van der Waals surface area contributed by atoms with Gasteiger partial charge in [-0.25, -0.2) is 0 Å². The Labute approximate surface area is 65.6 Å². The molecule has 0 saturated carbocycles. The predicted molar refractivity (Wildman–Crippen MR) is 46.8 cm³/mol. The first-order chi connectivity index (χ1) is 4.79. The van der Waals surface area contributed by atoms with Gasteiger partial charge in [0, 0.05) is 35.5 Å². The van der Waals surface area contributed by atoms with Crippen LogP contribution in [0.1, 0.15) is 6.92 Å². The lowest BCUT2D eigenvalue weighted by molar-refractivity contribution is 0.981. The van der Waals surface area contributed by atoms with Crippen LogP contribution in [0.5, 0.6) is 0 Å². The average Bonchev–Trinajstić information content (AvgIpc) is 2.30. The summed E-state index contributed by atoms with van der Waals surface area (Å²) in [4.78, 5) is 0. The summed E-state index contributed by atoms with van der Waals surface area (Å²) in [5.74, 6) is 1.03. The minimum absolute atomic E-state index is 0.500. The van der Waals surface area contributed by atoms with E-state index in [4.69, 9.17) is 5.41 Å². The fourth-order valence-electron chi connectivity index (χ4n) is 1.05. The van der Waals surface area contributed by atoms with Crippen molar-refractivity contribution in [3.63, 3.8) is 0 Å². The highest BCUT2D eigenvalue weighted by molar-refractivity contribution is 8.00. The van der Waals surface area contributed by atoms with Crippen molar-refractivity contribution in [1.29, 1.82) is 5.41 Å². The summed E-state index contributed by atoms with van der Waals surface area (Å²) in [5, 5.41) is 10.7. The fourth-order valence-corrected chi connectivity index (χ4v) is 2.17. The molecule has 0 aromatic carbocycles. The second kappa shape index (κ2) is 3.10. The highest BCUT2D eigenvalue weighted by atomic mass is 32.2. The molecule has 10 heavy (non-hydrogen) atoms. The van der Waals surface area contributed by atoms with E-state index in [2.05, 4.69) is 12.2 Å². The normalized spacial score (nSPS) is 25.2. The molecular weight excluding hydrogens is 144 g/mol. The van der Waals surface area contributed by atoms with Gasteiger partial charge in [0.25, 0.3) is 0 Å². The van der Waals surface area contributed by atoms with E-state index in [0.717, 1.165) is 11.3 Å². The van der Waals surface area contributed by atoms with E-state index in [1.54, 1.807) is 0 Å². The van der Waals surface area contributed by atoms with Crippen LogP contribution in [0, 0.1) is 5.41 Å². The Morgan fingerprint density at radius 3 is 2.90 bits per heavy atom. The Morgan fingerprint density at radius 2 is 2.50 bits per heavy atom. The summed E-state index contributed by atoms with van der Waals surface area (Å²) >= 11 is 1.87. The first-order valence-electron chi connectivity index (χ1n) is 3.32. The van der Waals surface area contributed by atoms with Crippen molar-refractivity contribution in [3.8, 4) is 0 Å². The summed E-state index contributed by atoms with van der Waals surface area (Å²) in [5.41, 5.74) is 2.36. The molecule has 1 heterocycles. The molecule has 56 valence electrons. The molecule has 0 bridgehead atoms. The van der Waals surface area contributed by atoms with Crippen molar-refractivity contribution < 1.29 is 0 Å². The SMILES string of the molecule is CNC1=C(C=N)[C@@H](C)SC1. The van der Waals surface area contributed by atoms with Gasteiger partial charge in [0.1, 0.15) is 0 Å². The van der Waals surface area contributed by atoms with Crippen LogP contribution in [0.25, 0.3) is 0 Å². The van der Waals surface area contributed by atoms with Crippen molar-refractivity contribution in [3.05, 3.63) is 11.3 Å². The summed E-state index contributed by atoms with van der Waals surface area (Å²) in [6.07, 6.45) is 1.45. The quantitative estimate of drug-likeness (QED) is 0.590. The van der Waals surface area contributed by atoms with E-state index in [1.807, 2.05) is 18.8 Å². The summed E-state index contributed by atoms with van der Waals surface area (Å²) < 4.78 is 0. The maximum absolute atomic E-state index is 7.13. The van der Waals surface area contributed by atoms with Crippen LogP contribution in [-0.2, 0) is 0 Å². The summed E-state index contributed by atoms with van der Waals surface area (Å²) in [7, 11) is 1.91. The molecule has 1 atom stereocenters. The largest absolute Gasteiger partial charge is 0.390 e. The third kappa shape index (κ3) is 1.19. The van der Waals surface area contributed by atoms with Crippen LogP contribution in [0.15, 0.2) is 11.3 Å². The molecule has 1 rings (SSSR count). The molecule has 0 fully saturated rings. The Kier molecular flexibility index (Phi) is 2.38. The maximum Gasteiger partial charge on any atom is 0.0342 e. The van der Waals surface area contributed by atoms with E-state index in [9.17, 15) is 0 Å². The zero-order chi connectivity index (χ0) is 7.56. The molecule has 0 aromatic heterocycles. The van der Waals surface area contributed by atoms with E-state index in [0.29, 0.717) is 5.25 Å². The van der Waals surface area contributed by atoms with E-state index in [1.165, 1.54) is 11.9 Å². The van der Waals surface area contributed by atoms with Crippen molar-refractivity contribution in [2.45, 2.75) is 12.2 Å². The van der Waals surface area contributed by atoms with Crippen LogP contribution < -0.4 is 5.32 Å². The lowest BCUT2D eigenvalue weighted by Crippen LogP contribution is -2.09. The van der Waals surface area contributed by atoms with Gasteiger partial charge in [-0.05, 0) is 6.92 Å². The van der Waals surface area contributed by atoms with Gasteiger partial charge in [-0.15, -0.1) is 11.8 Å². The zero-order valence-corrected chi connectivity index (χ0v) is 7.09. The van der Waals surface area contributed by atoms with Gasteiger partial charge in [0.15, 0.2) is 0 Å². The van der Waals surface area contributed by atoms with Crippen LogP contribution in [-0.4, -0.2) is 24.3 Å². The smallest absolute Gasteiger partial charge is 0.0342 e. The first kappa shape index (κ1) is 7.66. The van der Waals surface area contributed by atoms with Crippen molar-refractivity contribution >= 4 is 18.0 Å². The van der Waals surface area contributed by atoms with Gasteiger partial charge < -0.3 is 10.7 Å². The highest BCUT2D eigenvalue weighted by Gasteiger charge is 2.19. The van der Waals surface area contributed by atoms with Crippen molar-refractivity contribution in [2.75, 3.05) is 12.8 Å². The van der Waals surface area contributed by atoms with Gasteiger partial charge in [0.2, 0.25) is 0 Å². The number of hydrogen-bond donors (Lipinski definition) is 2. The molecular formula is C7H12N2S. The lowest BCUT2D eigenvalue weighted by Gasteiger charge is -2.01. The van der Waals surface area contributed by atoms with E-state index < -0.39 is 0 Å². The molecule has 3 heteroatoms. The zero-order valence-electron chi connectivity index (χ0n) is 6.27. The van der Waals surface area contributed by atoms with Gasteiger partial charge in [-0.3, -0.25) is 0 Å². The summed E-state index contributed by atoms with van der Waals surface area (Å²) in [6.45, 7) is 2.13. The Hall–Kier alpha value is -0.440. The highest BCUT2D eigenvalue weighted by Crippen LogP contribution is 2.28. The average molecular weight is 156 g/mol. The van der Waals surface area contributed by atoms with Gasteiger partial charge in [-0.1, -0.05) is 0 Å². The molecule has 0 amide bonds. The van der Waals surface area contributed by atoms with Crippen LogP contribution in [0.3, 0.4) is 0 Å². The molecule has 1 aliphatic rings. The number of nitrogens with one attached hydrogen (secondary N) is 2. The molecule has 0 aromatic rings. The van der Waals surface area contributed by atoms with Crippen LogP contribution >= 0.6 is 11.8 Å². The molecule has 2 N–H and O–H groups in total. The summed E-state index contributed by atoms with van der Waals surface area (Å²) in [6, 6.07) is 0. The monoisotopic (exact) mass is 156 g/mol. The third-order valence-corrected chi connectivity index (χ3v) is 2.93. The minimum atomic E-state index is 0.500. The number of rotatable bonds is 2. The van der Waals surface area contributed by atoms with Crippen LogP contribution in [0.4, 0.5) is 0 Å². The molecule has 0 radical (unpaired) electrons. The predicted octanol–water partition coefficient (Wildman–Crippen LogP) is 1.24. The lowest BCUT2D eigenvalue weighted by atomic mass is 10.2. The molecule has 0 saturated heterocycles. The third-order valence-electron chi connectivity index (χ3n) is 1.72. The molecule has 0 spiro atoms. The second-order valence-electron chi connectivity index (χ2n) is 2.28. The first-order valence-corrected chi connectivity index (χ1v) is 4.37. The van der Waals surface area contributed by atoms with Gasteiger partial charge in [0.05, 0.1) is 0 Å². The van der Waals surface area contributed by atoms with Gasteiger partial charge in [-0.2, -0.15) is 0 Å². The molecule has 0 unspecified atom stereocenters. The number of hydrogen-bond acceptors (Lipinski definition) is 3. The van der Waals surface area contributed by atoms with E-state index in [-0.39, 0.29) is 0 Å².